The highest BCUT2D eigenvalue weighted by Gasteiger charge is 2.21. The van der Waals surface area contributed by atoms with Crippen molar-refractivity contribution in [1.82, 2.24) is 10.3 Å². The average Bonchev–Trinajstić information content (AvgIpc) is 2.74. The Morgan fingerprint density at radius 2 is 2.12 bits per heavy atom. The molecule has 0 aliphatic heterocycles. The Bertz CT molecular complexity index is 725. The molecule has 10 heteroatoms. The van der Waals surface area contributed by atoms with E-state index in [9.17, 15) is 18.3 Å². The van der Waals surface area contributed by atoms with Crippen LogP contribution in [0.5, 0.6) is 0 Å². The molecule has 1 amide bonds. The Balaban J connectivity index is 0.000000550. The fraction of sp³-hybridized carbons (Fsp3) is 0.533. The fourth-order valence-corrected chi connectivity index (χ4v) is 2.48. The van der Waals surface area contributed by atoms with Gasteiger partial charge in [-0.1, -0.05) is 6.42 Å². The van der Waals surface area contributed by atoms with Crippen molar-refractivity contribution < 1.29 is 22.9 Å². The molecule has 140 valence electrons. The lowest BCUT2D eigenvalue weighted by atomic mass is 9.98. The van der Waals surface area contributed by atoms with Crippen molar-refractivity contribution in [3.05, 3.63) is 29.1 Å². The normalized spacial score (nSPS) is 17.6. The van der Waals surface area contributed by atoms with Gasteiger partial charge in [-0.2, -0.15) is 8.42 Å². The van der Waals surface area contributed by atoms with Gasteiger partial charge in [0.2, 0.25) is 0 Å². The number of amides is 1. The first-order valence-corrected chi connectivity index (χ1v) is 9.56. The van der Waals surface area contributed by atoms with Crippen LogP contribution < -0.4 is 11.1 Å². The van der Waals surface area contributed by atoms with Crippen LogP contribution in [0, 0.1) is 0 Å². The zero-order valence-corrected chi connectivity index (χ0v) is 15.1. The van der Waals surface area contributed by atoms with Crippen molar-refractivity contribution in [2.75, 3.05) is 19.9 Å². The number of guanidine groups is 1. The second kappa shape index (κ2) is 9.44. The summed E-state index contributed by atoms with van der Waals surface area (Å²) >= 11 is 0. The monoisotopic (exact) mass is 372 g/mol. The number of rotatable bonds is 2. The predicted molar refractivity (Wildman–Crippen MR) is 94.1 cm³/mol. The number of aliphatic hydroxyl groups excluding tert-OH is 1. The molecule has 5 N–H and O–H groups in total. The molecule has 1 unspecified atom stereocenters. The predicted octanol–water partition coefficient (Wildman–Crippen LogP) is 0.0622. The van der Waals surface area contributed by atoms with Crippen molar-refractivity contribution in [3.8, 4) is 0 Å². The Hall–Kier alpha value is -2.04. The van der Waals surface area contributed by atoms with E-state index in [1.54, 1.807) is 0 Å². The number of nitrogens with two attached hydrogens (primary N) is 1. The molecule has 0 fully saturated rings. The average molecular weight is 372 g/mol. The molecule has 1 aliphatic carbocycles. The SMILES string of the molecule is CN=C(N)NC(=O)c1cnc2c(c1)CCCCC2CO.CS(=O)(=O)O. The van der Waals surface area contributed by atoms with Crippen LogP contribution in [0.2, 0.25) is 0 Å². The summed E-state index contributed by atoms with van der Waals surface area (Å²) in [5.74, 6) is -0.154. The first kappa shape index (κ1) is 21.0. The molecule has 1 heterocycles. The van der Waals surface area contributed by atoms with Crippen LogP contribution in [-0.2, 0) is 16.5 Å². The quantitative estimate of drug-likeness (QED) is 0.248. The number of nitrogens with zero attached hydrogens (tertiary/aromatic N) is 2. The summed E-state index contributed by atoms with van der Waals surface area (Å²) in [5.41, 5.74) is 7.91. The lowest BCUT2D eigenvalue weighted by Crippen LogP contribution is -2.36. The summed E-state index contributed by atoms with van der Waals surface area (Å²) in [6, 6.07) is 1.84. The van der Waals surface area contributed by atoms with Gasteiger partial charge in [-0.3, -0.25) is 24.6 Å². The number of aromatic nitrogens is 1. The smallest absolute Gasteiger partial charge is 0.261 e. The third-order valence-corrected chi connectivity index (χ3v) is 3.60. The van der Waals surface area contributed by atoms with Crippen molar-refractivity contribution in [3.63, 3.8) is 0 Å². The second-order valence-electron chi connectivity index (χ2n) is 5.69. The standard InChI is InChI=1S/C14H20N4O2.CH4O3S/c1-16-14(15)18-13(20)11-6-9-4-2-3-5-10(8-19)12(9)17-7-11;1-5(2,3)4/h6-7,10,19H,2-5,8H2,1H3,(H3,15,16,18,20);1H3,(H,2,3,4). The summed E-state index contributed by atoms with van der Waals surface area (Å²) in [6.45, 7) is 0.0982. The summed E-state index contributed by atoms with van der Waals surface area (Å²) in [4.78, 5) is 20.1. The highest BCUT2D eigenvalue weighted by Crippen LogP contribution is 2.28. The highest BCUT2D eigenvalue weighted by molar-refractivity contribution is 7.85. The maximum absolute atomic E-state index is 12.0. The summed E-state index contributed by atoms with van der Waals surface area (Å²) in [6.07, 6.45) is 6.19. The second-order valence-corrected chi connectivity index (χ2v) is 7.16. The summed E-state index contributed by atoms with van der Waals surface area (Å²) in [5, 5.41) is 11.9. The van der Waals surface area contributed by atoms with E-state index in [0.29, 0.717) is 11.8 Å². The van der Waals surface area contributed by atoms with Gasteiger partial charge < -0.3 is 10.8 Å². The van der Waals surface area contributed by atoms with E-state index in [1.165, 1.54) is 13.2 Å². The number of aryl methyl sites for hydroxylation is 1. The third kappa shape index (κ3) is 7.59. The third-order valence-electron chi connectivity index (χ3n) is 3.60. The van der Waals surface area contributed by atoms with Crippen molar-refractivity contribution in [1.29, 1.82) is 0 Å². The van der Waals surface area contributed by atoms with E-state index in [-0.39, 0.29) is 24.4 Å². The van der Waals surface area contributed by atoms with Crippen LogP contribution in [0.3, 0.4) is 0 Å². The van der Waals surface area contributed by atoms with Crippen molar-refractivity contribution in [2.24, 2.45) is 10.7 Å². The van der Waals surface area contributed by atoms with Gasteiger partial charge in [-0.05, 0) is 30.9 Å². The molecule has 1 aliphatic rings. The summed E-state index contributed by atoms with van der Waals surface area (Å²) < 4.78 is 25.9. The molecule has 1 atom stereocenters. The minimum absolute atomic E-state index is 0.0758. The van der Waals surface area contributed by atoms with Crippen LogP contribution in [0.15, 0.2) is 17.3 Å². The van der Waals surface area contributed by atoms with Gasteiger partial charge in [0.05, 0.1) is 18.4 Å². The number of pyridine rings is 1. The number of hydrogen-bond acceptors (Lipinski definition) is 6. The zero-order chi connectivity index (χ0) is 19.0. The number of carbonyl (C=O) groups is 1. The summed E-state index contributed by atoms with van der Waals surface area (Å²) in [7, 11) is -2.16. The van der Waals surface area contributed by atoms with Gasteiger partial charge in [0.25, 0.3) is 16.0 Å². The minimum Gasteiger partial charge on any atom is -0.396 e. The first-order chi connectivity index (χ1) is 11.7. The Morgan fingerprint density at radius 1 is 1.48 bits per heavy atom. The number of fused-ring (bicyclic) bond motifs is 1. The largest absolute Gasteiger partial charge is 0.396 e. The molecule has 0 spiro atoms. The van der Waals surface area contributed by atoms with Gasteiger partial charge in [0.1, 0.15) is 0 Å². The van der Waals surface area contributed by atoms with Gasteiger partial charge in [0, 0.05) is 24.9 Å². The Labute approximate surface area is 147 Å². The van der Waals surface area contributed by atoms with E-state index in [0.717, 1.165) is 36.9 Å². The van der Waals surface area contributed by atoms with E-state index in [4.69, 9.17) is 10.3 Å². The van der Waals surface area contributed by atoms with Gasteiger partial charge >= 0.3 is 0 Å². The zero-order valence-electron chi connectivity index (χ0n) is 14.3. The molecule has 0 saturated heterocycles. The van der Waals surface area contributed by atoms with E-state index >= 15 is 0 Å². The van der Waals surface area contributed by atoms with Crippen LogP contribution in [0.4, 0.5) is 0 Å². The fourth-order valence-electron chi connectivity index (χ4n) is 2.48. The molecule has 1 aromatic heterocycles. The molecular weight excluding hydrogens is 348 g/mol. The molecule has 25 heavy (non-hydrogen) atoms. The number of carbonyl (C=O) groups excluding carboxylic acids is 1. The number of nitrogens with one attached hydrogen (secondary N) is 1. The molecule has 9 nitrogen and oxygen atoms in total. The van der Waals surface area contributed by atoms with Gasteiger partial charge in [0.15, 0.2) is 5.96 Å². The number of aliphatic imine (C=N–C) groups is 1. The number of aliphatic hydroxyl groups is 1. The molecule has 2 rings (SSSR count). The molecule has 1 aromatic rings. The van der Waals surface area contributed by atoms with Gasteiger partial charge in [-0.25, -0.2) is 0 Å². The molecule has 0 bridgehead atoms. The van der Waals surface area contributed by atoms with Crippen LogP contribution in [0.1, 0.15) is 46.8 Å². The maximum atomic E-state index is 12.0. The van der Waals surface area contributed by atoms with Crippen molar-refractivity contribution in [2.45, 2.75) is 31.6 Å². The Kier molecular flexibility index (Phi) is 7.94. The molecule has 0 radical (unpaired) electrons. The molecule has 0 saturated carbocycles. The maximum Gasteiger partial charge on any atom is 0.261 e. The highest BCUT2D eigenvalue weighted by atomic mass is 32.2. The van der Waals surface area contributed by atoms with Crippen LogP contribution >= 0.6 is 0 Å². The van der Waals surface area contributed by atoms with Crippen molar-refractivity contribution >= 4 is 22.0 Å². The van der Waals surface area contributed by atoms with E-state index < -0.39 is 10.1 Å². The molecular formula is C15H24N4O5S. The van der Waals surface area contributed by atoms with E-state index in [2.05, 4.69) is 15.3 Å². The van der Waals surface area contributed by atoms with E-state index in [1.807, 2.05) is 6.07 Å². The Morgan fingerprint density at radius 3 is 2.68 bits per heavy atom. The molecule has 0 aromatic carbocycles. The lowest BCUT2D eigenvalue weighted by molar-refractivity contribution is 0.0976. The first-order valence-electron chi connectivity index (χ1n) is 7.71. The minimum atomic E-state index is -3.67. The van der Waals surface area contributed by atoms with Crippen LogP contribution in [-0.4, -0.2) is 54.8 Å². The lowest BCUT2D eigenvalue weighted by Gasteiger charge is -2.14. The number of hydrogen-bond donors (Lipinski definition) is 4. The van der Waals surface area contributed by atoms with Crippen LogP contribution in [0.25, 0.3) is 0 Å². The topological polar surface area (TPSA) is 155 Å². The van der Waals surface area contributed by atoms with Gasteiger partial charge in [-0.15, -0.1) is 0 Å².